The van der Waals surface area contributed by atoms with Crippen molar-refractivity contribution in [2.45, 2.75) is 27.2 Å². The summed E-state index contributed by atoms with van der Waals surface area (Å²) in [4.78, 5) is 22.9. The molecule has 0 unspecified atom stereocenters. The van der Waals surface area contributed by atoms with Gasteiger partial charge in [0.05, 0.1) is 5.92 Å². The summed E-state index contributed by atoms with van der Waals surface area (Å²) in [5, 5.41) is 9.16. The van der Waals surface area contributed by atoms with Gasteiger partial charge >= 0.3 is 5.97 Å². The van der Waals surface area contributed by atoms with Crippen molar-refractivity contribution in [2.75, 3.05) is 0 Å². The molecular weight excluding hydrogens is 192 g/mol. The summed E-state index contributed by atoms with van der Waals surface area (Å²) >= 11 is 0. The zero-order valence-electron chi connectivity index (χ0n) is 9.43. The number of carboxylic acid groups (broad SMARTS) is 1. The van der Waals surface area contributed by atoms with E-state index >= 15 is 0 Å². The topological polar surface area (TPSA) is 54.4 Å². The molecule has 0 saturated heterocycles. The third-order valence-corrected chi connectivity index (χ3v) is 3.24. The largest absolute Gasteiger partial charge is 0.481 e. The average molecular weight is 210 g/mol. The molecule has 3 heteroatoms. The Hall–Kier alpha value is -1.12. The van der Waals surface area contributed by atoms with Gasteiger partial charge in [-0.3, -0.25) is 9.59 Å². The van der Waals surface area contributed by atoms with Crippen LogP contribution in [-0.2, 0) is 9.59 Å². The Bertz CT molecular complexity index is 293. The third-order valence-electron chi connectivity index (χ3n) is 3.24. The van der Waals surface area contributed by atoms with E-state index in [-0.39, 0.29) is 23.5 Å². The summed E-state index contributed by atoms with van der Waals surface area (Å²) in [6.45, 7) is 5.56. The lowest BCUT2D eigenvalue weighted by Gasteiger charge is -2.33. The van der Waals surface area contributed by atoms with Gasteiger partial charge in [0, 0.05) is 12.3 Å². The van der Waals surface area contributed by atoms with Gasteiger partial charge < -0.3 is 5.11 Å². The Kier molecular flexibility index (Phi) is 3.66. The molecule has 0 fully saturated rings. The van der Waals surface area contributed by atoms with Crippen LogP contribution in [0.2, 0.25) is 0 Å². The van der Waals surface area contributed by atoms with Crippen molar-refractivity contribution >= 4 is 11.8 Å². The first-order valence-electron chi connectivity index (χ1n) is 5.42. The number of carbonyl (C=O) groups excluding carboxylic acids is 1. The van der Waals surface area contributed by atoms with Gasteiger partial charge in [-0.2, -0.15) is 0 Å². The van der Waals surface area contributed by atoms with Crippen LogP contribution in [0.5, 0.6) is 0 Å². The zero-order valence-corrected chi connectivity index (χ0v) is 9.43. The van der Waals surface area contributed by atoms with Crippen LogP contribution in [0.3, 0.4) is 0 Å². The predicted molar refractivity (Wildman–Crippen MR) is 57.4 cm³/mol. The fraction of sp³-hybridized carbons (Fsp3) is 0.667. The Balaban J connectivity index is 3.01. The lowest BCUT2D eigenvalue weighted by Crippen LogP contribution is -2.39. The first-order chi connectivity index (χ1) is 6.99. The molecule has 1 rings (SSSR count). The lowest BCUT2D eigenvalue weighted by atomic mass is 9.69. The maximum Gasteiger partial charge on any atom is 0.307 e. The summed E-state index contributed by atoms with van der Waals surface area (Å²) in [6, 6.07) is 0. The monoisotopic (exact) mass is 210 g/mol. The summed E-state index contributed by atoms with van der Waals surface area (Å²) in [5.41, 5.74) is 0. The standard InChI is InChI=1S/C12H18O3/c1-4-9(13)10-7(2)5-6-8(3)11(10)12(14)15/h5-8,10-11H,4H2,1-3H3,(H,14,15)/t7-,8+,10+,11+/m1/s1. The molecule has 0 amide bonds. The Morgan fingerprint density at radius 2 is 1.60 bits per heavy atom. The minimum absolute atomic E-state index is 0.0368. The normalized spacial score (nSPS) is 35.1. The first-order valence-corrected chi connectivity index (χ1v) is 5.42. The molecule has 15 heavy (non-hydrogen) atoms. The molecule has 0 spiro atoms. The highest BCUT2D eigenvalue weighted by atomic mass is 16.4. The Morgan fingerprint density at radius 1 is 1.13 bits per heavy atom. The van der Waals surface area contributed by atoms with Crippen LogP contribution < -0.4 is 0 Å². The Morgan fingerprint density at radius 3 is 2.00 bits per heavy atom. The maximum atomic E-state index is 11.7. The molecule has 3 nitrogen and oxygen atoms in total. The van der Waals surface area contributed by atoms with E-state index in [2.05, 4.69) is 0 Å². The number of carbonyl (C=O) groups is 2. The molecule has 0 bridgehead atoms. The minimum atomic E-state index is -0.856. The maximum absolute atomic E-state index is 11.7. The predicted octanol–water partition coefficient (Wildman–Crippen LogP) is 2.12. The van der Waals surface area contributed by atoms with Crippen molar-refractivity contribution in [3.05, 3.63) is 12.2 Å². The summed E-state index contributed by atoms with van der Waals surface area (Å²) in [6.07, 6.45) is 4.28. The Labute approximate surface area is 90.2 Å². The number of rotatable bonds is 3. The van der Waals surface area contributed by atoms with Crippen LogP contribution in [0, 0.1) is 23.7 Å². The molecule has 0 aromatic heterocycles. The fourth-order valence-electron chi connectivity index (χ4n) is 2.35. The molecule has 1 aliphatic rings. The fourth-order valence-corrected chi connectivity index (χ4v) is 2.35. The van der Waals surface area contributed by atoms with E-state index in [1.165, 1.54) is 0 Å². The van der Waals surface area contributed by atoms with Gasteiger partial charge in [-0.05, 0) is 11.8 Å². The molecular formula is C12H18O3. The molecule has 0 aromatic carbocycles. The van der Waals surface area contributed by atoms with E-state index in [0.29, 0.717) is 6.42 Å². The van der Waals surface area contributed by atoms with Crippen molar-refractivity contribution in [3.63, 3.8) is 0 Å². The van der Waals surface area contributed by atoms with E-state index in [9.17, 15) is 9.59 Å². The second-order valence-electron chi connectivity index (χ2n) is 4.31. The third kappa shape index (κ3) is 2.28. The molecule has 0 aromatic rings. The van der Waals surface area contributed by atoms with Crippen LogP contribution >= 0.6 is 0 Å². The van der Waals surface area contributed by atoms with E-state index in [4.69, 9.17) is 5.11 Å². The SMILES string of the molecule is CCC(=O)[C@H]1[C@@H](C(=O)O)[C@@H](C)C=C[C@H]1C. The molecule has 0 saturated carbocycles. The number of ketones is 1. The van der Waals surface area contributed by atoms with Crippen LogP contribution in [0.4, 0.5) is 0 Å². The first kappa shape index (κ1) is 12.0. The van der Waals surface area contributed by atoms with Crippen LogP contribution in [0.15, 0.2) is 12.2 Å². The van der Waals surface area contributed by atoms with Gasteiger partial charge in [-0.25, -0.2) is 0 Å². The molecule has 1 N–H and O–H groups in total. The summed E-state index contributed by atoms with van der Waals surface area (Å²) in [7, 11) is 0. The second-order valence-corrected chi connectivity index (χ2v) is 4.31. The van der Waals surface area contributed by atoms with Gasteiger partial charge in [0.1, 0.15) is 5.78 Å². The van der Waals surface area contributed by atoms with Crippen molar-refractivity contribution in [1.29, 1.82) is 0 Å². The van der Waals surface area contributed by atoms with Crippen molar-refractivity contribution in [1.82, 2.24) is 0 Å². The van der Waals surface area contributed by atoms with Crippen molar-refractivity contribution < 1.29 is 14.7 Å². The minimum Gasteiger partial charge on any atom is -0.481 e. The van der Waals surface area contributed by atoms with Gasteiger partial charge in [0.2, 0.25) is 0 Å². The molecule has 0 heterocycles. The van der Waals surface area contributed by atoms with Crippen molar-refractivity contribution in [2.24, 2.45) is 23.7 Å². The molecule has 4 atom stereocenters. The number of aliphatic carboxylic acids is 1. The zero-order chi connectivity index (χ0) is 11.6. The van der Waals surface area contributed by atoms with Gasteiger partial charge in [-0.15, -0.1) is 0 Å². The lowest BCUT2D eigenvalue weighted by molar-refractivity contribution is -0.149. The number of carboxylic acids is 1. The molecule has 84 valence electrons. The van der Waals surface area contributed by atoms with E-state index in [1.54, 1.807) is 6.92 Å². The highest BCUT2D eigenvalue weighted by molar-refractivity contribution is 5.87. The smallest absolute Gasteiger partial charge is 0.307 e. The number of hydrogen-bond donors (Lipinski definition) is 1. The van der Waals surface area contributed by atoms with E-state index < -0.39 is 11.9 Å². The molecule has 0 radical (unpaired) electrons. The van der Waals surface area contributed by atoms with Gasteiger partial charge in [0.15, 0.2) is 0 Å². The molecule has 0 aliphatic heterocycles. The average Bonchev–Trinajstić information content (AvgIpc) is 2.19. The van der Waals surface area contributed by atoms with E-state index in [1.807, 2.05) is 26.0 Å². The summed E-state index contributed by atoms with van der Waals surface area (Å²) < 4.78 is 0. The molecule has 1 aliphatic carbocycles. The van der Waals surface area contributed by atoms with Crippen LogP contribution in [0.1, 0.15) is 27.2 Å². The number of Topliss-reactive ketones (excluding diaryl/α,β-unsaturated/α-hetero) is 1. The number of hydrogen-bond acceptors (Lipinski definition) is 2. The quantitative estimate of drug-likeness (QED) is 0.726. The van der Waals surface area contributed by atoms with Gasteiger partial charge in [0.25, 0.3) is 0 Å². The van der Waals surface area contributed by atoms with Gasteiger partial charge in [-0.1, -0.05) is 32.9 Å². The van der Waals surface area contributed by atoms with Crippen LogP contribution in [0.25, 0.3) is 0 Å². The highest BCUT2D eigenvalue weighted by Gasteiger charge is 2.40. The van der Waals surface area contributed by atoms with Crippen molar-refractivity contribution in [3.8, 4) is 0 Å². The number of allylic oxidation sites excluding steroid dienone is 2. The van der Waals surface area contributed by atoms with E-state index in [0.717, 1.165) is 0 Å². The summed E-state index contributed by atoms with van der Waals surface area (Å²) in [5.74, 6) is -1.73. The second kappa shape index (κ2) is 4.60. The highest BCUT2D eigenvalue weighted by Crippen LogP contribution is 2.35. The van der Waals surface area contributed by atoms with Crippen LogP contribution in [-0.4, -0.2) is 16.9 Å².